The van der Waals surface area contributed by atoms with Crippen molar-refractivity contribution in [1.29, 1.82) is 0 Å². The number of aliphatic hydroxyl groups excluding tert-OH is 1. The maximum absolute atomic E-state index is 9.75. The third-order valence-corrected chi connectivity index (χ3v) is 3.09. The molecular formula is C11H17BrN2O2. The maximum Gasteiger partial charge on any atom is 0.133 e. The molecule has 0 spiro atoms. The summed E-state index contributed by atoms with van der Waals surface area (Å²) in [6.07, 6.45) is -0.606. The minimum atomic E-state index is -0.606. The van der Waals surface area contributed by atoms with Gasteiger partial charge in [-0.2, -0.15) is 0 Å². The predicted molar refractivity (Wildman–Crippen MR) is 67.6 cm³/mol. The maximum atomic E-state index is 9.75. The van der Waals surface area contributed by atoms with E-state index < -0.39 is 6.10 Å². The Morgan fingerprint density at radius 2 is 2.25 bits per heavy atom. The predicted octanol–water partition coefficient (Wildman–Crippen LogP) is 1.04. The number of benzene rings is 1. The van der Waals surface area contributed by atoms with E-state index in [0.717, 1.165) is 15.8 Å². The molecule has 0 heterocycles. The van der Waals surface area contributed by atoms with Crippen molar-refractivity contribution in [2.24, 2.45) is 5.73 Å². The molecule has 90 valence electrons. The molecule has 0 amide bonds. The number of ether oxygens (including phenoxy) is 1. The number of nitrogens with one attached hydrogen (secondary N) is 1. The fourth-order valence-electron chi connectivity index (χ4n) is 1.59. The summed E-state index contributed by atoms with van der Waals surface area (Å²) in [6, 6.07) is 5.50. The molecule has 0 saturated heterocycles. The van der Waals surface area contributed by atoms with Crippen molar-refractivity contribution in [3.63, 3.8) is 0 Å². The SMILES string of the molecule is CNC(c1ccc(OC)c(Br)c1)C(O)CN. The van der Waals surface area contributed by atoms with Crippen molar-refractivity contribution in [1.82, 2.24) is 5.32 Å². The van der Waals surface area contributed by atoms with Crippen molar-refractivity contribution in [2.75, 3.05) is 20.7 Å². The van der Waals surface area contributed by atoms with Gasteiger partial charge in [-0.15, -0.1) is 0 Å². The monoisotopic (exact) mass is 288 g/mol. The summed E-state index contributed by atoms with van der Waals surface area (Å²) >= 11 is 3.41. The normalized spacial score (nSPS) is 14.6. The summed E-state index contributed by atoms with van der Waals surface area (Å²) < 4.78 is 6.00. The molecule has 0 saturated carbocycles. The zero-order valence-electron chi connectivity index (χ0n) is 9.40. The first-order chi connectivity index (χ1) is 7.63. The largest absolute Gasteiger partial charge is 0.496 e. The average Bonchev–Trinajstić information content (AvgIpc) is 2.30. The lowest BCUT2D eigenvalue weighted by molar-refractivity contribution is 0.139. The van der Waals surface area contributed by atoms with Crippen LogP contribution >= 0.6 is 15.9 Å². The summed E-state index contributed by atoms with van der Waals surface area (Å²) in [7, 11) is 3.41. The number of nitrogens with two attached hydrogens (primary N) is 1. The lowest BCUT2D eigenvalue weighted by Gasteiger charge is -2.22. The third kappa shape index (κ3) is 2.95. The number of rotatable bonds is 5. The van der Waals surface area contributed by atoms with Gasteiger partial charge in [0.1, 0.15) is 5.75 Å². The average molecular weight is 289 g/mol. The Morgan fingerprint density at radius 3 is 2.69 bits per heavy atom. The van der Waals surface area contributed by atoms with E-state index in [-0.39, 0.29) is 12.6 Å². The van der Waals surface area contributed by atoms with Gasteiger partial charge in [0.25, 0.3) is 0 Å². The highest BCUT2D eigenvalue weighted by molar-refractivity contribution is 9.10. The molecule has 1 aromatic rings. The second-order valence-corrected chi connectivity index (χ2v) is 4.32. The number of halogens is 1. The van der Waals surface area contributed by atoms with Gasteiger partial charge in [0.05, 0.1) is 23.7 Å². The summed E-state index contributed by atoms with van der Waals surface area (Å²) in [4.78, 5) is 0. The summed E-state index contributed by atoms with van der Waals surface area (Å²) in [5, 5.41) is 12.8. The Kier molecular flexibility index (Phi) is 5.21. The molecule has 1 rings (SSSR count). The quantitative estimate of drug-likeness (QED) is 0.757. The number of methoxy groups -OCH3 is 1. The van der Waals surface area contributed by atoms with Gasteiger partial charge < -0.3 is 20.9 Å². The zero-order chi connectivity index (χ0) is 12.1. The van der Waals surface area contributed by atoms with Gasteiger partial charge in [0.15, 0.2) is 0 Å². The number of aliphatic hydroxyl groups is 1. The van der Waals surface area contributed by atoms with Gasteiger partial charge in [0.2, 0.25) is 0 Å². The second kappa shape index (κ2) is 6.20. The van der Waals surface area contributed by atoms with Gasteiger partial charge in [-0.25, -0.2) is 0 Å². The van der Waals surface area contributed by atoms with Crippen molar-refractivity contribution in [3.8, 4) is 5.75 Å². The molecule has 0 fully saturated rings. The van der Waals surface area contributed by atoms with Crippen LogP contribution in [0, 0.1) is 0 Å². The fourth-order valence-corrected chi connectivity index (χ4v) is 2.15. The fraction of sp³-hybridized carbons (Fsp3) is 0.455. The van der Waals surface area contributed by atoms with Gasteiger partial charge >= 0.3 is 0 Å². The third-order valence-electron chi connectivity index (χ3n) is 2.47. The number of likely N-dealkylation sites (N-methyl/N-ethyl adjacent to an activating group) is 1. The summed E-state index contributed by atoms with van der Waals surface area (Å²) in [5.74, 6) is 0.765. The van der Waals surface area contributed by atoms with Gasteiger partial charge in [-0.05, 0) is 40.7 Å². The molecule has 0 aliphatic rings. The number of hydrogen-bond donors (Lipinski definition) is 3. The van der Waals surface area contributed by atoms with E-state index in [4.69, 9.17) is 10.5 Å². The Bertz CT molecular complexity index is 347. The molecule has 5 heteroatoms. The molecule has 0 bridgehead atoms. The lowest BCUT2D eigenvalue weighted by atomic mass is 10.0. The van der Waals surface area contributed by atoms with Crippen LogP contribution in [0.25, 0.3) is 0 Å². The van der Waals surface area contributed by atoms with Crippen LogP contribution in [0.3, 0.4) is 0 Å². The minimum absolute atomic E-state index is 0.174. The first-order valence-corrected chi connectivity index (χ1v) is 5.82. The Hall–Kier alpha value is -0.620. The van der Waals surface area contributed by atoms with Crippen LogP contribution in [0.5, 0.6) is 5.75 Å². The van der Waals surface area contributed by atoms with Crippen molar-refractivity contribution in [2.45, 2.75) is 12.1 Å². The van der Waals surface area contributed by atoms with E-state index in [1.165, 1.54) is 0 Å². The molecule has 16 heavy (non-hydrogen) atoms. The minimum Gasteiger partial charge on any atom is -0.496 e. The van der Waals surface area contributed by atoms with Crippen LogP contribution < -0.4 is 15.8 Å². The van der Waals surface area contributed by atoms with Crippen LogP contribution in [-0.4, -0.2) is 31.9 Å². The zero-order valence-corrected chi connectivity index (χ0v) is 11.0. The molecule has 2 atom stereocenters. The Balaban J connectivity index is 2.98. The van der Waals surface area contributed by atoms with E-state index in [9.17, 15) is 5.11 Å². The number of hydrogen-bond acceptors (Lipinski definition) is 4. The highest BCUT2D eigenvalue weighted by atomic mass is 79.9. The van der Waals surface area contributed by atoms with E-state index in [0.29, 0.717) is 0 Å². The molecule has 2 unspecified atom stereocenters. The van der Waals surface area contributed by atoms with Crippen LogP contribution in [0.1, 0.15) is 11.6 Å². The summed E-state index contributed by atoms with van der Waals surface area (Å²) in [5.41, 5.74) is 6.42. The van der Waals surface area contributed by atoms with E-state index in [2.05, 4.69) is 21.2 Å². The first kappa shape index (κ1) is 13.4. The molecule has 0 aliphatic carbocycles. The molecule has 0 aromatic heterocycles. The summed E-state index contributed by atoms with van der Waals surface area (Å²) in [6.45, 7) is 0.217. The topological polar surface area (TPSA) is 67.5 Å². The van der Waals surface area contributed by atoms with E-state index in [1.807, 2.05) is 18.2 Å². The molecule has 0 radical (unpaired) electrons. The van der Waals surface area contributed by atoms with Gasteiger partial charge in [-0.1, -0.05) is 6.07 Å². The highest BCUT2D eigenvalue weighted by Gasteiger charge is 2.18. The molecule has 0 aliphatic heterocycles. The van der Waals surface area contributed by atoms with Crippen LogP contribution in [0.2, 0.25) is 0 Å². The Labute approximate surface area is 104 Å². The Morgan fingerprint density at radius 1 is 1.56 bits per heavy atom. The standard InChI is InChI=1S/C11H17BrN2O2/c1-14-11(9(15)6-13)7-3-4-10(16-2)8(12)5-7/h3-5,9,11,14-15H,6,13H2,1-2H3. The molecule has 4 nitrogen and oxygen atoms in total. The van der Waals surface area contributed by atoms with Gasteiger partial charge in [-0.3, -0.25) is 0 Å². The van der Waals surface area contributed by atoms with Crippen LogP contribution in [0.15, 0.2) is 22.7 Å². The van der Waals surface area contributed by atoms with E-state index >= 15 is 0 Å². The highest BCUT2D eigenvalue weighted by Crippen LogP contribution is 2.28. The lowest BCUT2D eigenvalue weighted by Crippen LogP contribution is -2.34. The van der Waals surface area contributed by atoms with Gasteiger partial charge in [0, 0.05) is 6.54 Å². The van der Waals surface area contributed by atoms with Crippen molar-refractivity contribution < 1.29 is 9.84 Å². The second-order valence-electron chi connectivity index (χ2n) is 3.46. The van der Waals surface area contributed by atoms with Crippen molar-refractivity contribution >= 4 is 15.9 Å². The van der Waals surface area contributed by atoms with Crippen molar-refractivity contribution in [3.05, 3.63) is 28.2 Å². The first-order valence-electron chi connectivity index (χ1n) is 5.02. The smallest absolute Gasteiger partial charge is 0.133 e. The van der Waals surface area contributed by atoms with E-state index in [1.54, 1.807) is 14.2 Å². The molecule has 1 aromatic carbocycles. The molecule has 4 N–H and O–H groups in total. The van der Waals surface area contributed by atoms with Crippen LogP contribution in [-0.2, 0) is 0 Å². The van der Waals surface area contributed by atoms with Crippen LogP contribution in [0.4, 0.5) is 0 Å². The molecular weight excluding hydrogens is 272 g/mol.